The summed E-state index contributed by atoms with van der Waals surface area (Å²) in [6.07, 6.45) is 0. The van der Waals surface area contributed by atoms with Crippen LogP contribution in [0.2, 0.25) is 0 Å². The summed E-state index contributed by atoms with van der Waals surface area (Å²) in [6, 6.07) is 8.39. The van der Waals surface area contributed by atoms with Crippen molar-refractivity contribution in [1.29, 1.82) is 0 Å². The molecule has 3 heteroatoms. The van der Waals surface area contributed by atoms with Gasteiger partial charge in [-0.2, -0.15) is 0 Å². The molecule has 0 aliphatic rings. The molecule has 0 N–H and O–H groups in total. The molecule has 0 unspecified atom stereocenters. The number of aryl methyl sites for hydroxylation is 1. The molecule has 1 aromatic carbocycles. The number of fused-ring (bicyclic) bond motifs is 1. The van der Waals surface area contributed by atoms with E-state index in [1.807, 2.05) is 0 Å². The molecule has 0 aliphatic heterocycles. The third-order valence-corrected chi connectivity index (χ3v) is 2.88. The Morgan fingerprint density at radius 3 is 2.69 bits per heavy atom. The molecule has 1 nitrogen and oxygen atoms in total. The third kappa shape index (κ3) is 1.66. The zero-order valence-corrected chi connectivity index (χ0v) is 9.72. The summed E-state index contributed by atoms with van der Waals surface area (Å²) in [5, 5.41) is 2.50. The third-order valence-electron chi connectivity index (χ3n) is 2.14. The maximum Gasteiger partial charge on any atom is 0.210 e. The molecule has 1 heterocycles. The van der Waals surface area contributed by atoms with E-state index in [9.17, 15) is 0 Å². The first-order valence-corrected chi connectivity index (χ1v) is 5.25. The van der Waals surface area contributed by atoms with E-state index in [1.54, 1.807) is 0 Å². The van der Waals surface area contributed by atoms with Gasteiger partial charge in [-0.15, -0.1) is 0 Å². The molecular weight excluding hydrogens is 188 g/mol. The summed E-state index contributed by atoms with van der Waals surface area (Å²) in [5.74, 6) is 0. The number of aromatic nitrogens is 1. The summed E-state index contributed by atoms with van der Waals surface area (Å²) < 4.78 is 2.01. The van der Waals surface area contributed by atoms with Gasteiger partial charge in [0.1, 0.15) is 0 Å². The van der Waals surface area contributed by atoms with Crippen molar-refractivity contribution in [3.63, 3.8) is 0 Å². The van der Waals surface area contributed by atoms with E-state index in [-0.39, 0.29) is 0 Å². The van der Waals surface area contributed by atoms with Gasteiger partial charge in [0.15, 0.2) is 0 Å². The Balaban J connectivity index is 2.94. The van der Waals surface area contributed by atoms with Gasteiger partial charge < -0.3 is 0 Å². The van der Waals surface area contributed by atoms with Crippen LogP contribution in [0.15, 0.2) is 24.3 Å². The number of pyridine rings is 1. The van der Waals surface area contributed by atoms with Gasteiger partial charge in [-0.05, 0) is 23.3 Å². The molecule has 0 fully saturated rings. The molecule has 58 valence electrons. The first-order chi connectivity index (χ1) is 6.18. The monoisotopic (exact) mass is 195 g/mol. The Hall–Kier alpha value is -0.305. The highest BCUT2D eigenvalue weighted by Crippen LogP contribution is 2.13. The number of hydrogen-bond acceptors (Lipinski definition) is 1. The summed E-state index contributed by atoms with van der Waals surface area (Å²) in [5.41, 5.74) is 1.30. The molecule has 0 amide bonds. The van der Waals surface area contributed by atoms with Crippen LogP contribution in [0.3, 0.4) is 0 Å². The van der Waals surface area contributed by atoms with Crippen LogP contribution in [-0.4, -0.2) is 37.6 Å². The smallest absolute Gasteiger partial charge is 0.210 e. The van der Waals surface area contributed by atoms with Crippen LogP contribution < -0.4 is 9.11 Å². The number of rotatable bonds is 0. The van der Waals surface area contributed by atoms with Crippen LogP contribution in [-0.2, 0) is 0 Å². The van der Waals surface area contributed by atoms with Crippen molar-refractivity contribution < 1.29 is 0 Å². The maximum atomic E-state index is 4.37. The van der Waals surface area contributed by atoms with Gasteiger partial charge in [-0.1, -0.05) is 33.4 Å². The quantitative estimate of drug-likeness (QED) is 0.544. The van der Waals surface area contributed by atoms with Crippen molar-refractivity contribution in [2.45, 2.75) is 6.92 Å². The van der Waals surface area contributed by atoms with Crippen LogP contribution in [0.5, 0.6) is 0 Å². The van der Waals surface area contributed by atoms with Crippen molar-refractivity contribution in [3.8, 4) is 0 Å². The van der Waals surface area contributed by atoms with Gasteiger partial charge in [0.05, 0.1) is 0 Å². The van der Waals surface area contributed by atoms with Crippen LogP contribution >= 0.6 is 0 Å². The minimum absolute atomic E-state index is 0.992. The van der Waals surface area contributed by atoms with E-state index in [1.165, 1.54) is 16.3 Å². The number of benzene rings is 1. The first-order valence-electron chi connectivity index (χ1n) is 4.10. The highest BCUT2D eigenvalue weighted by molar-refractivity contribution is 6.40. The average Bonchev–Trinajstić information content (AvgIpc) is 2.07. The molecule has 0 saturated heterocycles. The Morgan fingerprint density at radius 1 is 1.15 bits per heavy atom. The van der Waals surface area contributed by atoms with Gasteiger partial charge in [-0.25, -0.2) is 0 Å². The average molecular weight is 195 g/mol. The lowest BCUT2D eigenvalue weighted by molar-refractivity contribution is 1.46. The molecule has 0 saturated carbocycles. The molecule has 0 aliphatic carbocycles. The second kappa shape index (κ2) is 3.45. The number of hydrogen-bond donors (Lipinski definition) is 0. The normalized spacial score (nSPS) is 10.5. The first kappa shape index (κ1) is 9.26. The van der Waals surface area contributed by atoms with Gasteiger partial charge in [0, 0.05) is 0 Å². The van der Waals surface area contributed by atoms with E-state index in [4.69, 9.17) is 0 Å². The largest absolute Gasteiger partial charge is 0.299 e. The molecule has 4 radical (unpaired) electrons. The molecule has 0 atom stereocenters. The molecule has 0 bridgehead atoms. The molecule has 1 aromatic heterocycles. The zero-order valence-electron chi connectivity index (χ0n) is 7.41. The Kier molecular flexibility index (Phi) is 2.46. The fourth-order valence-corrected chi connectivity index (χ4v) is 2.33. The lowest BCUT2D eigenvalue weighted by atomic mass is 10.1. The zero-order chi connectivity index (χ0) is 9.42. The molecule has 2 aromatic rings. The molecular formula is C10H7Al2N. The van der Waals surface area contributed by atoms with E-state index in [2.05, 4.69) is 68.8 Å². The molecule has 0 spiro atoms. The van der Waals surface area contributed by atoms with Crippen molar-refractivity contribution in [3.05, 3.63) is 29.8 Å². The van der Waals surface area contributed by atoms with E-state index >= 15 is 0 Å². The predicted molar refractivity (Wildman–Crippen MR) is 57.3 cm³/mol. The van der Waals surface area contributed by atoms with Gasteiger partial charge in [0.2, 0.25) is 32.6 Å². The summed E-state index contributed by atoms with van der Waals surface area (Å²) in [6.45, 7) is 2.12. The second-order valence-corrected chi connectivity index (χ2v) is 4.24. The SMILES string of the molecule is Cc1cccc2[c]([Al])n[c]([Al])cc12. The van der Waals surface area contributed by atoms with Crippen LogP contribution in [0, 0.1) is 6.92 Å². The van der Waals surface area contributed by atoms with E-state index in [0.717, 1.165) is 9.11 Å². The minimum atomic E-state index is 0.992. The topological polar surface area (TPSA) is 12.9 Å². The van der Waals surface area contributed by atoms with Crippen LogP contribution in [0.4, 0.5) is 0 Å². The predicted octanol–water partition coefficient (Wildman–Crippen LogP) is 0.131. The Bertz CT molecular complexity index is 466. The number of nitrogens with zero attached hydrogens (tertiary/aromatic N) is 1. The van der Waals surface area contributed by atoms with E-state index in [0.29, 0.717) is 0 Å². The highest BCUT2D eigenvalue weighted by atomic mass is 27.1. The van der Waals surface area contributed by atoms with Crippen molar-refractivity contribution in [2.75, 3.05) is 0 Å². The van der Waals surface area contributed by atoms with Crippen molar-refractivity contribution >= 4 is 52.5 Å². The summed E-state index contributed by atoms with van der Waals surface area (Å²) in [7, 11) is 0. The van der Waals surface area contributed by atoms with Crippen LogP contribution in [0.25, 0.3) is 10.8 Å². The lowest BCUT2D eigenvalue weighted by Crippen LogP contribution is -2.21. The minimum Gasteiger partial charge on any atom is -0.299 e. The summed E-state index contributed by atoms with van der Waals surface area (Å²) in [4.78, 5) is 4.37. The Morgan fingerprint density at radius 2 is 1.92 bits per heavy atom. The lowest BCUT2D eigenvalue weighted by Gasteiger charge is -2.07. The van der Waals surface area contributed by atoms with E-state index < -0.39 is 0 Å². The molecule has 2 rings (SSSR count). The maximum absolute atomic E-state index is 4.37. The second-order valence-electron chi connectivity index (χ2n) is 3.10. The van der Waals surface area contributed by atoms with Gasteiger partial charge in [-0.3, -0.25) is 4.98 Å². The molecule has 13 heavy (non-hydrogen) atoms. The van der Waals surface area contributed by atoms with Crippen molar-refractivity contribution in [2.24, 2.45) is 0 Å². The van der Waals surface area contributed by atoms with Crippen LogP contribution in [0.1, 0.15) is 5.56 Å². The van der Waals surface area contributed by atoms with Gasteiger partial charge in [0.25, 0.3) is 0 Å². The van der Waals surface area contributed by atoms with Gasteiger partial charge >= 0.3 is 0 Å². The van der Waals surface area contributed by atoms with Crippen molar-refractivity contribution in [1.82, 2.24) is 4.98 Å². The Labute approximate surface area is 94.0 Å². The highest BCUT2D eigenvalue weighted by Gasteiger charge is 1.99. The fourth-order valence-electron chi connectivity index (χ4n) is 1.48. The summed E-state index contributed by atoms with van der Waals surface area (Å²) >= 11 is 5.31. The standard InChI is InChI=1S/C10H7N.2Al/c1-8-3-2-4-9-7-11-6-5-10(8)9;;/h2-5H,1H3;;. The fraction of sp³-hybridized carbons (Fsp3) is 0.100.